The molecule has 0 rings (SSSR count). The van der Waals surface area contributed by atoms with Crippen LogP contribution in [0.2, 0.25) is 0 Å². The van der Waals surface area contributed by atoms with Gasteiger partial charge in [-0.25, -0.2) is 0 Å². The lowest BCUT2D eigenvalue weighted by Crippen LogP contribution is -2.39. The number of nitrogens with one attached hydrogen (secondary N) is 2. The molecule has 3 heteroatoms. The molecule has 0 radical (unpaired) electrons. The van der Waals surface area contributed by atoms with Crippen LogP contribution in [0.25, 0.3) is 0 Å². The smallest absolute Gasteiger partial charge is 0.221 e. The number of amides is 1. The van der Waals surface area contributed by atoms with Gasteiger partial charge in [-0.1, -0.05) is 40.5 Å². The van der Waals surface area contributed by atoms with E-state index >= 15 is 0 Å². The molecule has 0 bridgehead atoms. The van der Waals surface area contributed by atoms with Crippen molar-refractivity contribution in [1.29, 1.82) is 0 Å². The first-order valence-electron chi connectivity index (χ1n) is 6.53. The van der Waals surface area contributed by atoms with Crippen LogP contribution in [-0.4, -0.2) is 24.5 Å². The standard InChI is InChI=1S/C13H28N2O/c1-6-12(7-2)11(5)15-13(16)8-9-14-10(3)4/h10-12,14H,6-9H2,1-5H3,(H,15,16). The summed E-state index contributed by atoms with van der Waals surface area (Å²) in [7, 11) is 0. The van der Waals surface area contributed by atoms with Gasteiger partial charge in [-0.2, -0.15) is 0 Å². The van der Waals surface area contributed by atoms with Gasteiger partial charge in [0.15, 0.2) is 0 Å². The molecule has 0 aliphatic rings. The number of carbonyl (C=O) groups excluding carboxylic acids is 1. The number of hydrogen-bond donors (Lipinski definition) is 2. The van der Waals surface area contributed by atoms with Crippen LogP contribution in [-0.2, 0) is 4.79 Å². The third kappa shape index (κ3) is 6.83. The van der Waals surface area contributed by atoms with Gasteiger partial charge >= 0.3 is 0 Å². The average molecular weight is 228 g/mol. The summed E-state index contributed by atoms with van der Waals surface area (Å²) >= 11 is 0. The quantitative estimate of drug-likeness (QED) is 0.669. The Labute approximate surface area is 100 Å². The lowest BCUT2D eigenvalue weighted by atomic mass is 9.95. The zero-order valence-electron chi connectivity index (χ0n) is 11.5. The molecule has 16 heavy (non-hydrogen) atoms. The zero-order chi connectivity index (χ0) is 12.6. The van der Waals surface area contributed by atoms with E-state index in [0.29, 0.717) is 24.4 Å². The Kier molecular flexibility index (Phi) is 8.26. The lowest BCUT2D eigenvalue weighted by molar-refractivity contribution is -0.122. The van der Waals surface area contributed by atoms with Gasteiger partial charge in [-0.15, -0.1) is 0 Å². The molecule has 1 unspecified atom stereocenters. The normalized spacial score (nSPS) is 13.2. The molecule has 0 saturated heterocycles. The van der Waals surface area contributed by atoms with Crippen molar-refractivity contribution in [2.45, 2.75) is 66.0 Å². The predicted octanol–water partition coefficient (Wildman–Crippen LogP) is 2.32. The maximum atomic E-state index is 11.6. The summed E-state index contributed by atoms with van der Waals surface area (Å²) in [4.78, 5) is 11.6. The molecule has 96 valence electrons. The fourth-order valence-corrected chi connectivity index (χ4v) is 1.91. The molecular weight excluding hydrogens is 200 g/mol. The third-order valence-electron chi connectivity index (χ3n) is 3.05. The molecule has 1 atom stereocenters. The molecule has 0 aromatic heterocycles. The van der Waals surface area contributed by atoms with Crippen LogP contribution in [0.4, 0.5) is 0 Å². The highest BCUT2D eigenvalue weighted by Gasteiger charge is 2.15. The van der Waals surface area contributed by atoms with Crippen LogP contribution in [0.15, 0.2) is 0 Å². The van der Waals surface area contributed by atoms with E-state index < -0.39 is 0 Å². The van der Waals surface area contributed by atoms with Crippen molar-refractivity contribution in [2.75, 3.05) is 6.54 Å². The first-order valence-corrected chi connectivity index (χ1v) is 6.53. The van der Waals surface area contributed by atoms with Crippen LogP contribution in [0, 0.1) is 5.92 Å². The minimum atomic E-state index is 0.160. The van der Waals surface area contributed by atoms with Gasteiger partial charge in [0.25, 0.3) is 0 Å². The van der Waals surface area contributed by atoms with Crippen molar-refractivity contribution >= 4 is 5.91 Å². The van der Waals surface area contributed by atoms with Crippen LogP contribution >= 0.6 is 0 Å². The van der Waals surface area contributed by atoms with Crippen molar-refractivity contribution < 1.29 is 4.79 Å². The van der Waals surface area contributed by atoms with Crippen LogP contribution in [0.1, 0.15) is 53.9 Å². The summed E-state index contributed by atoms with van der Waals surface area (Å²) in [5.74, 6) is 0.759. The molecule has 0 fully saturated rings. The Morgan fingerprint density at radius 3 is 2.12 bits per heavy atom. The minimum absolute atomic E-state index is 0.160. The van der Waals surface area contributed by atoms with Gasteiger partial charge in [0.05, 0.1) is 0 Å². The molecule has 2 N–H and O–H groups in total. The van der Waals surface area contributed by atoms with E-state index in [1.807, 2.05) is 0 Å². The third-order valence-corrected chi connectivity index (χ3v) is 3.05. The molecule has 0 heterocycles. The van der Waals surface area contributed by atoms with E-state index in [4.69, 9.17) is 0 Å². The summed E-state index contributed by atoms with van der Waals surface area (Å²) in [5.41, 5.74) is 0. The van der Waals surface area contributed by atoms with Crippen LogP contribution in [0.3, 0.4) is 0 Å². The van der Waals surface area contributed by atoms with Gasteiger partial charge in [0.1, 0.15) is 0 Å². The molecule has 0 aromatic rings. The summed E-state index contributed by atoms with van der Waals surface area (Å²) in [5, 5.41) is 6.32. The van der Waals surface area contributed by atoms with Gasteiger partial charge in [0, 0.05) is 25.0 Å². The highest BCUT2D eigenvalue weighted by atomic mass is 16.1. The predicted molar refractivity (Wildman–Crippen MR) is 69.4 cm³/mol. The maximum Gasteiger partial charge on any atom is 0.221 e. The molecule has 0 spiro atoms. The minimum Gasteiger partial charge on any atom is -0.353 e. The Bertz CT molecular complexity index is 188. The van der Waals surface area contributed by atoms with Crippen molar-refractivity contribution in [3.8, 4) is 0 Å². The van der Waals surface area contributed by atoms with E-state index in [1.54, 1.807) is 0 Å². The monoisotopic (exact) mass is 228 g/mol. The van der Waals surface area contributed by atoms with Crippen molar-refractivity contribution in [3.05, 3.63) is 0 Å². The van der Waals surface area contributed by atoms with Gasteiger partial charge < -0.3 is 10.6 Å². The Morgan fingerprint density at radius 2 is 1.69 bits per heavy atom. The van der Waals surface area contributed by atoms with E-state index in [9.17, 15) is 4.79 Å². The topological polar surface area (TPSA) is 41.1 Å². The van der Waals surface area contributed by atoms with E-state index in [0.717, 1.165) is 19.4 Å². The van der Waals surface area contributed by atoms with Gasteiger partial charge in [0.2, 0.25) is 5.91 Å². The average Bonchev–Trinajstić information content (AvgIpc) is 2.18. The largest absolute Gasteiger partial charge is 0.353 e. The lowest BCUT2D eigenvalue weighted by Gasteiger charge is -2.22. The van der Waals surface area contributed by atoms with Crippen LogP contribution in [0.5, 0.6) is 0 Å². The summed E-state index contributed by atoms with van der Waals surface area (Å²) in [6.45, 7) is 11.4. The number of rotatable bonds is 8. The summed E-state index contributed by atoms with van der Waals surface area (Å²) < 4.78 is 0. The molecular formula is C13H28N2O. The summed E-state index contributed by atoms with van der Waals surface area (Å²) in [6.07, 6.45) is 2.83. The second-order valence-electron chi connectivity index (χ2n) is 4.79. The highest BCUT2D eigenvalue weighted by Crippen LogP contribution is 2.12. The Morgan fingerprint density at radius 1 is 1.12 bits per heavy atom. The molecule has 0 aromatic carbocycles. The van der Waals surface area contributed by atoms with Gasteiger partial charge in [-0.3, -0.25) is 4.79 Å². The van der Waals surface area contributed by atoms with Crippen molar-refractivity contribution in [1.82, 2.24) is 10.6 Å². The zero-order valence-corrected chi connectivity index (χ0v) is 11.5. The van der Waals surface area contributed by atoms with Crippen molar-refractivity contribution in [2.24, 2.45) is 5.92 Å². The van der Waals surface area contributed by atoms with Crippen molar-refractivity contribution in [3.63, 3.8) is 0 Å². The molecule has 3 nitrogen and oxygen atoms in total. The van der Waals surface area contributed by atoms with E-state index in [-0.39, 0.29) is 5.91 Å². The summed E-state index contributed by atoms with van der Waals surface area (Å²) in [6, 6.07) is 0.741. The Balaban J connectivity index is 3.77. The van der Waals surface area contributed by atoms with Crippen LogP contribution < -0.4 is 10.6 Å². The SMILES string of the molecule is CCC(CC)C(C)NC(=O)CCNC(C)C. The highest BCUT2D eigenvalue weighted by molar-refractivity contribution is 5.76. The van der Waals surface area contributed by atoms with Gasteiger partial charge in [-0.05, 0) is 12.8 Å². The first-order chi connectivity index (χ1) is 7.51. The second kappa shape index (κ2) is 8.57. The van der Waals surface area contributed by atoms with E-state index in [1.165, 1.54) is 0 Å². The number of carbonyl (C=O) groups is 1. The first kappa shape index (κ1) is 15.4. The maximum absolute atomic E-state index is 11.6. The molecule has 0 aliphatic carbocycles. The number of hydrogen-bond acceptors (Lipinski definition) is 2. The second-order valence-corrected chi connectivity index (χ2v) is 4.79. The molecule has 0 saturated carbocycles. The molecule has 0 aliphatic heterocycles. The Hall–Kier alpha value is -0.570. The fraction of sp³-hybridized carbons (Fsp3) is 0.923. The van der Waals surface area contributed by atoms with E-state index in [2.05, 4.69) is 45.3 Å². The fourth-order valence-electron chi connectivity index (χ4n) is 1.91. The molecule has 1 amide bonds.